The predicted octanol–water partition coefficient (Wildman–Crippen LogP) is 4.72. The molecule has 5 nitrogen and oxygen atoms in total. The molecule has 0 aliphatic heterocycles. The first-order valence-electron chi connectivity index (χ1n) is 8.21. The number of nitrogens with zero attached hydrogens (tertiary/aromatic N) is 2. The molecule has 0 aliphatic rings. The minimum Gasteiger partial charge on any atom is -0.491 e. The molecule has 0 saturated carbocycles. The van der Waals surface area contributed by atoms with Gasteiger partial charge in [-0.05, 0) is 44.5 Å². The lowest BCUT2D eigenvalue weighted by molar-refractivity contribution is 0.241. The highest BCUT2D eigenvalue weighted by Crippen LogP contribution is 2.23. The topological polar surface area (TPSA) is 60.2 Å². The van der Waals surface area contributed by atoms with Crippen LogP contribution in [0.15, 0.2) is 40.9 Å². The zero-order chi connectivity index (χ0) is 18.7. The Morgan fingerprint density at radius 2 is 1.92 bits per heavy atom. The number of ether oxygens (including phenoxy) is 1. The van der Waals surface area contributed by atoms with Crippen LogP contribution in [-0.4, -0.2) is 16.2 Å². The van der Waals surface area contributed by atoms with Crippen LogP contribution in [0.4, 0.5) is 14.5 Å². The minimum atomic E-state index is -0.441. The molecule has 136 valence electrons. The van der Waals surface area contributed by atoms with E-state index < -0.39 is 5.82 Å². The molecular formula is C19H19F2N3O2. The van der Waals surface area contributed by atoms with E-state index in [-0.39, 0.29) is 30.2 Å². The zero-order valence-corrected chi connectivity index (χ0v) is 14.7. The van der Waals surface area contributed by atoms with Crippen LogP contribution >= 0.6 is 0 Å². The van der Waals surface area contributed by atoms with Gasteiger partial charge in [0.15, 0.2) is 0 Å². The first-order valence-corrected chi connectivity index (χ1v) is 8.21. The Labute approximate surface area is 150 Å². The number of benzene rings is 2. The second-order valence-electron chi connectivity index (χ2n) is 6.14. The quantitative estimate of drug-likeness (QED) is 0.690. The van der Waals surface area contributed by atoms with Crippen molar-refractivity contribution in [2.75, 3.05) is 5.32 Å². The molecule has 0 amide bonds. The summed E-state index contributed by atoms with van der Waals surface area (Å²) in [5.41, 5.74) is 1.35. The largest absolute Gasteiger partial charge is 0.491 e. The second kappa shape index (κ2) is 7.51. The van der Waals surface area contributed by atoms with Gasteiger partial charge in [0, 0.05) is 11.6 Å². The molecule has 1 N–H and O–H groups in total. The minimum absolute atomic E-state index is 0.0309. The number of halogens is 2. The fourth-order valence-corrected chi connectivity index (χ4v) is 2.33. The highest BCUT2D eigenvalue weighted by atomic mass is 19.1. The van der Waals surface area contributed by atoms with E-state index in [0.717, 1.165) is 0 Å². The standard InChI is InChI=1S/C19H19F2N3O2/c1-11(2)25-14-6-7-17(16(21)9-14)22-10-18-23-19(24-26-18)13-5-4-12(3)15(20)8-13/h4-9,11,22H,10H2,1-3H3. The van der Waals surface area contributed by atoms with Gasteiger partial charge in [-0.15, -0.1) is 0 Å². The fourth-order valence-electron chi connectivity index (χ4n) is 2.33. The Morgan fingerprint density at radius 1 is 1.12 bits per heavy atom. The van der Waals surface area contributed by atoms with Crippen LogP contribution in [0.25, 0.3) is 11.4 Å². The summed E-state index contributed by atoms with van der Waals surface area (Å²) in [6, 6.07) is 9.29. The first-order chi connectivity index (χ1) is 12.4. The monoisotopic (exact) mass is 359 g/mol. The molecule has 0 atom stereocenters. The molecular weight excluding hydrogens is 340 g/mol. The Bertz CT molecular complexity index is 910. The van der Waals surface area contributed by atoms with Crippen molar-refractivity contribution in [1.29, 1.82) is 0 Å². The van der Waals surface area contributed by atoms with Gasteiger partial charge < -0.3 is 14.6 Å². The lowest BCUT2D eigenvalue weighted by Gasteiger charge is -2.11. The lowest BCUT2D eigenvalue weighted by atomic mass is 10.1. The summed E-state index contributed by atoms with van der Waals surface area (Å²) in [7, 11) is 0. The predicted molar refractivity (Wildman–Crippen MR) is 93.9 cm³/mol. The van der Waals surface area contributed by atoms with Crippen molar-refractivity contribution in [3.8, 4) is 17.1 Å². The van der Waals surface area contributed by atoms with Crippen LogP contribution in [0.2, 0.25) is 0 Å². The van der Waals surface area contributed by atoms with Crippen LogP contribution in [-0.2, 0) is 6.54 Å². The summed E-state index contributed by atoms with van der Waals surface area (Å²) < 4.78 is 38.3. The van der Waals surface area contributed by atoms with Crippen molar-refractivity contribution in [3.05, 3.63) is 59.5 Å². The Hall–Kier alpha value is -2.96. The molecule has 3 aromatic rings. The lowest BCUT2D eigenvalue weighted by Crippen LogP contribution is -2.06. The Kier molecular flexibility index (Phi) is 5.16. The molecule has 0 fully saturated rings. The summed E-state index contributed by atoms with van der Waals surface area (Å²) in [6.45, 7) is 5.56. The average Bonchev–Trinajstić information content (AvgIpc) is 3.05. The van der Waals surface area contributed by atoms with Gasteiger partial charge in [-0.2, -0.15) is 4.98 Å². The molecule has 7 heteroatoms. The third kappa shape index (κ3) is 4.17. The molecule has 0 saturated heterocycles. The maximum absolute atomic E-state index is 14.1. The Balaban J connectivity index is 1.67. The summed E-state index contributed by atoms with van der Waals surface area (Å²) in [5.74, 6) is 0.232. The van der Waals surface area contributed by atoms with E-state index >= 15 is 0 Å². The van der Waals surface area contributed by atoms with Crippen LogP contribution in [0.3, 0.4) is 0 Å². The van der Waals surface area contributed by atoms with E-state index in [2.05, 4.69) is 15.5 Å². The smallest absolute Gasteiger partial charge is 0.246 e. The van der Waals surface area contributed by atoms with E-state index in [1.807, 2.05) is 13.8 Å². The molecule has 0 unspecified atom stereocenters. The summed E-state index contributed by atoms with van der Waals surface area (Å²) >= 11 is 0. The van der Waals surface area contributed by atoms with Crippen molar-refractivity contribution in [1.82, 2.24) is 10.1 Å². The number of anilines is 1. The number of rotatable bonds is 6. The number of aromatic nitrogens is 2. The van der Waals surface area contributed by atoms with Gasteiger partial charge in [-0.1, -0.05) is 17.3 Å². The van der Waals surface area contributed by atoms with Crippen molar-refractivity contribution < 1.29 is 18.0 Å². The third-order valence-corrected chi connectivity index (χ3v) is 3.64. The summed E-state index contributed by atoms with van der Waals surface area (Å²) in [5, 5.41) is 6.73. The maximum Gasteiger partial charge on any atom is 0.246 e. The molecule has 0 radical (unpaired) electrons. The summed E-state index contributed by atoms with van der Waals surface area (Å²) in [6.07, 6.45) is -0.0309. The normalized spacial score (nSPS) is 11.0. The molecule has 2 aromatic carbocycles. The van der Waals surface area contributed by atoms with Gasteiger partial charge in [0.2, 0.25) is 11.7 Å². The fraction of sp³-hybridized carbons (Fsp3) is 0.263. The molecule has 0 aliphatic carbocycles. The highest BCUT2D eigenvalue weighted by Gasteiger charge is 2.11. The third-order valence-electron chi connectivity index (χ3n) is 3.64. The molecule has 3 rings (SSSR count). The van der Waals surface area contributed by atoms with Crippen molar-refractivity contribution in [2.24, 2.45) is 0 Å². The number of hydrogen-bond donors (Lipinski definition) is 1. The molecule has 26 heavy (non-hydrogen) atoms. The van der Waals surface area contributed by atoms with E-state index in [0.29, 0.717) is 22.6 Å². The van der Waals surface area contributed by atoms with E-state index in [1.165, 1.54) is 12.1 Å². The van der Waals surface area contributed by atoms with Gasteiger partial charge in [-0.25, -0.2) is 8.78 Å². The van der Waals surface area contributed by atoms with Gasteiger partial charge in [0.05, 0.1) is 18.3 Å². The van der Waals surface area contributed by atoms with E-state index in [9.17, 15) is 8.78 Å². The van der Waals surface area contributed by atoms with Gasteiger partial charge in [-0.3, -0.25) is 0 Å². The first kappa shape index (κ1) is 17.8. The van der Waals surface area contributed by atoms with Gasteiger partial charge in [0.25, 0.3) is 0 Å². The van der Waals surface area contributed by atoms with E-state index in [4.69, 9.17) is 9.26 Å². The van der Waals surface area contributed by atoms with Crippen molar-refractivity contribution in [3.63, 3.8) is 0 Å². The molecule has 1 aromatic heterocycles. The van der Waals surface area contributed by atoms with Crippen LogP contribution in [0, 0.1) is 18.6 Å². The maximum atomic E-state index is 14.1. The highest BCUT2D eigenvalue weighted by molar-refractivity contribution is 5.55. The van der Waals surface area contributed by atoms with Gasteiger partial charge >= 0.3 is 0 Å². The number of aryl methyl sites for hydroxylation is 1. The van der Waals surface area contributed by atoms with Crippen LogP contribution in [0.5, 0.6) is 5.75 Å². The molecule has 0 bridgehead atoms. The average molecular weight is 359 g/mol. The van der Waals surface area contributed by atoms with Gasteiger partial charge in [0.1, 0.15) is 17.4 Å². The van der Waals surface area contributed by atoms with E-state index in [1.54, 1.807) is 31.2 Å². The van der Waals surface area contributed by atoms with Crippen molar-refractivity contribution >= 4 is 5.69 Å². The van der Waals surface area contributed by atoms with Crippen LogP contribution < -0.4 is 10.1 Å². The number of nitrogens with one attached hydrogen (secondary N) is 1. The zero-order valence-electron chi connectivity index (χ0n) is 14.7. The number of hydrogen-bond acceptors (Lipinski definition) is 5. The Morgan fingerprint density at radius 3 is 2.62 bits per heavy atom. The summed E-state index contributed by atoms with van der Waals surface area (Å²) in [4.78, 5) is 4.20. The molecule has 0 spiro atoms. The SMILES string of the molecule is Cc1ccc(-c2noc(CNc3ccc(OC(C)C)cc3F)n2)cc1F. The second-order valence-corrected chi connectivity index (χ2v) is 6.14. The molecule has 1 heterocycles. The van der Waals surface area contributed by atoms with Crippen LogP contribution in [0.1, 0.15) is 25.3 Å². The van der Waals surface area contributed by atoms with Crippen molar-refractivity contribution in [2.45, 2.75) is 33.4 Å².